The molecule has 1 aromatic rings. The fourth-order valence-electron chi connectivity index (χ4n) is 2.89. The Labute approximate surface area is 138 Å². The molecule has 0 spiro atoms. The number of aryl methyl sites for hydroxylation is 2. The molecule has 0 unspecified atom stereocenters. The Morgan fingerprint density at radius 2 is 1.87 bits per heavy atom. The summed E-state index contributed by atoms with van der Waals surface area (Å²) in [5.41, 5.74) is 3.04. The van der Waals surface area contributed by atoms with Crippen LogP contribution in [-0.2, 0) is 4.74 Å². The van der Waals surface area contributed by atoms with Crippen LogP contribution in [-0.4, -0.2) is 54.6 Å². The summed E-state index contributed by atoms with van der Waals surface area (Å²) >= 11 is 0. The first-order valence-electron chi connectivity index (χ1n) is 8.20. The number of likely N-dealkylation sites (tertiary alicyclic amines) is 1. The van der Waals surface area contributed by atoms with E-state index in [2.05, 4.69) is 0 Å². The molecule has 2 rings (SSSR count). The number of nitrogens with zero attached hydrogens (tertiary/aromatic N) is 2. The molecule has 1 aromatic carbocycles. The first kappa shape index (κ1) is 17.3. The number of hydrogen-bond acceptors (Lipinski definition) is 3. The molecule has 0 bridgehead atoms. The molecule has 0 aliphatic carbocycles. The van der Waals surface area contributed by atoms with Crippen molar-refractivity contribution >= 4 is 12.0 Å². The molecule has 1 heterocycles. The van der Waals surface area contributed by atoms with Gasteiger partial charge in [0.25, 0.3) is 5.91 Å². The Balaban J connectivity index is 1.96. The van der Waals surface area contributed by atoms with Gasteiger partial charge >= 0.3 is 6.09 Å². The molecule has 0 saturated carbocycles. The zero-order valence-electron chi connectivity index (χ0n) is 14.5. The minimum atomic E-state index is -0.255. The second-order valence-electron chi connectivity index (χ2n) is 6.13. The topological polar surface area (TPSA) is 49.9 Å². The van der Waals surface area contributed by atoms with E-state index in [1.165, 1.54) is 5.56 Å². The van der Waals surface area contributed by atoms with E-state index < -0.39 is 0 Å². The van der Waals surface area contributed by atoms with Gasteiger partial charge in [0.1, 0.15) is 0 Å². The van der Waals surface area contributed by atoms with Crippen LogP contribution in [0.1, 0.15) is 41.3 Å². The first-order chi connectivity index (χ1) is 10.9. The normalized spacial score (nSPS) is 15.4. The van der Waals surface area contributed by atoms with Crippen molar-refractivity contribution in [3.63, 3.8) is 0 Å². The summed E-state index contributed by atoms with van der Waals surface area (Å²) in [6.45, 7) is 7.52. The standard InChI is InChI=1S/C18H26N2O3/c1-5-23-18(22)20-10-8-16(9-11-20)19(4)17(21)15-7-6-13(2)14(3)12-15/h6-7,12,16H,5,8-11H2,1-4H3. The Morgan fingerprint density at radius 1 is 1.22 bits per heavy atom. The van der Waals surface area contributed by atoms with Gasteiger partial charge in [-0.2, -0.15) is 0 Å². The van der Waals surface area contributed by atoms with Gasteiger partial charge in [-0.3, -0.25) is 4.79 Å². The van der Waals surface area contributed by atoms with E-state index in [-0.39, 0.29) is 18.0 Å². The summed E-state index contributed by atoms with van der Waals surface area (Å²) in [5.74, 6) is 0.0442. The Hall–Kier alpha value is -2.04. The van der Waals surface area contributed by atoms with Gasteiger partial charge in [0.15, 0.2) is 0 Å². The number of ether oxygens (including phenoxy) is 1. The Bertz CT molecular complexity index is 578. The summed E-state index contributed by atoms with van der Waals surface area (Å²) in [4.78, 5) is 27.9. The maximum Gasteiger partial charge on any atom is 0.409 e. The second kappa shape index (κ2) is 7.49. The van der Waals surface area contributed by atoms with Crippen LogP contribution in [0.5, 0.6) is 0 Å². The predicted molar refractivity (Wildman–Crippen MR) is 89.6 cm³/mol. The predicted octanol–water partition coefficient (Wildman–Crippen LogP) is 3.00. The molecule has 0 radical (unpaired) electrons. The molecular weight excluding hydrogens is 292 g/mol. The number of piperidine rings is 1. The van der Waals surface area contributed by atoms with Gasteiger partial charge in [-0.15, -0.1) is 0 Å². The largest absolute Gasteiger partial charge is 0.450 e. The third kappa shape index (κ3) is 4.03. The molecule has 1 aliphatic rings. The van der Waals surface area contributed by atoms with E-state index in [0.717, 1.165) is 24.0 Å². The lowest BCUT2D eigenvalue weighted by molar-refractivity contribution is 0.0602. The van der Waals surface area contributed by atoms with Crippen molar-refractivity contribution in [1.82, 2.24) is 9.80 Å². The van der Waals surface area contributed by atoms with Crippen molar-refractivity contribution in [2.24, 2.45) is 0 Å². The average Bonchev–Trinajstić information content (AvgIpc) is 2.56. The third-order valence-corrected chi connectivity index (χ3v) is 4.61. The molecule has 2 amide bonds. The second-order valence-corrected chi connectivity index (χ2v) is 6.13. The van der Waals surface area contributed by atoms with Gasteiger partial charge in [-0.05, 0) is 56.9 Å². The Kier molecular flexibility index (Phi) is 5.64. The van der Waals surface area contributed by atoms with Crippen LogP contribution in [0.25, 0.3) is 0 Å². The lowest BCUT2D eigenvalue weighted by Gasteiger charge is -2.36. The maximum atomic E-state index is 12.6. The van der Waals surface area contributed by atoms with E-state index in [4.69, 9.17) is 4.74 Å². The maximum absolute atomic E-state index is 12.6. The highest BCUT2D eigenvalue weighted by Gasteiger charge is 2.28. The van der Waals surface area contributed by atoms with E-state index in [1.54, 1.807) is 11.8 Å². The average molecular weight is 318 g/mol. The lowest BCUT2D eigenvalue weighted by atomic mass is 10.0. The van der Waals surface area contributed by atoms with Crippen molar-refractivity contribution in [3.8, 4) is 0 Å². The highest BCUT2D eigenvalue weighted by Crippen LogP contribution is 2.19. The highest BCUT2D eigenvalue weighted by atomic mass is 16.6. The smallest absolute Gasteiger partial charge is 0.409 e. The summed E-state index contributed by atoms with van der Waals surface area (Å²) < 4.78 is 5.02. The molecule has 5 heteroatoms. The number of amides is 2. The van der Waals surface area contributed by atoms with Crippen LogP contribution in [0.2, 0.25) is 0 Å². The Morgan fingerprint density at radius 3 is 2.43 bits per heavy atom. The third-order valence-electron chi connectivity index (χ3n) is 4.61. The summed E-state index contributed by atoms with van der Waals surface area (Å²) in [5, 5.41) is 0. The van der Waals surface area contributed by atoms with Crippen molar-refractivity contribution < 1.29 is 14.3 Å². The van der Waals surface area contributed by atoms with Crippen LogP contribution in [0, 0.1) is 13.8 Å². The molecule has 0 atom stereocenters. The molecule has 23 heavy (non-hydrogen) atoms. The fraction of sp³-hybridized carbons (Fsp3) is 0.556. The van der Waals surface area contributed by atoms with E-state index in [1.807, 2.05) is 44.0 Å². The van der Waals surface area contributed by atoms with Gasteiger partial charge in [0.05, 0.1) is 6.61 Å². The van der Waals surface area contributed by atoms with Crippen LogP contribution in [0.4, 0.5) is 4.79 Å². The van der Waals surface area contributed by atoms with E-state index >= 15 is 0 Å². The zero-order chi connectivity index (χ0) is 17.0. The van der Waals surface area contributed by atoms with Crippen molar-refractivity contribution in [3.05, 3.63) is 34.9 Å². The van der Waals surface area contributed by atoms with Crippen LogP contribution in [0.3, 0.4) is 0 Å². The van der Waals surface area contributed by atoms with E-state index in [9.17, 15) is 9.59 Å². The quantitative estimate of drug-likeness (QED) is 0.861. The molecule has 0 N–H and O–H groups in total. The van der Waals surface area contributed by atoms with Crippen LogP contribution in [0.15, 0.2) is 18.2 Å². The minimum Gasteiger partial charge on any atom is -0.450 e. The van der Waals surface area contributed by atoms with Gasteiger partial charge in [-0.1, -0.05) is 6.07 Å². The number of hydrogen-bond donors (Lipinski definition) is 0. The lowest BCUT2D eigenvalue weighted by Crippen LogP contribution is -2.47. The molecule has 1 saturated heterocycles. The molecule has 126 valence electrons. The van der Waals surface area contributed by atoms with Crippen molar-refractivity contribution in [1.29, 1.82) is 0 Å². The van der Waals surface area contributed by atoms with Gasteiger partial charge in [0.2, 0.25) is 0 Å². The monoisotopic (exact) mass is 318 g/mol. The van der Waals surface area contributed by atoms with Crippen LogP contribution < -0.4 is 0 Å². The van der Waals surface area contributed by atoms with E-state index in [0.29, 0.717) is 19.7 Å². The highest BCUT2D eigenvalue weighted by molar-refractivity contribution is 5.94. The first-order valence-corrected chi connectivity index (χ1v) is 8.20. The van der Waals surface area contributed by atoms with Gasteiger partial charge < -0.3 is 14.5 Å². The minimum absolute atomic E-state index is 0.0442. The van der Waals surface area contributed by atoms with Gasteiger partial charge in [-0.25, -0.2) is 4.79 Å². The molecule has 5 nitrogen and oxygen atoms in total. The molecular formula is C18H26N2O3. The van der Waals surface area contributed by atoms with Crippen LogP contribution >= 0.6 is 0 Å². The van der Waals surface area contributed by atoms with Crippen molar-refractivity contribution in [2.45, 2.75) is 39.7 Å². The summed E-state index contributed by atoms with van der Waals surface area (Å²) in [6, 6.07) is 5.98. The summed E-state index contributed by atoms with van der Waals surface area (Å²) in [6.07, 6.45) is 1.31. The number of benzene rings is 1. The fourth-order valence-corrected chi connectivity index (χ4v) is 2.89. The number of carbonyl (C=O) groups is 2. The van der Waals surface area contributed by atoms with Gasteiger partial charge in [0, 0.05) is 31.7 Å². The zero-order valence-corrected chi connectivity index (χ0v) is 14.5. The number of carbonyl (C=O) groups excluding carboxylic acids is 2. The SMILES string of the molecule is CCOC(=O)N1CCC(N(C)C(=O)c2ccc(C)c(C)c2)CC1. The van der Waals surface area contributed by atoms with Crippen molar-refractivity contribution in [2.75, 3.05) is 26.7 Å². The number of rotatable bonds is 3. The summed E-state index contributed by atoms with van der Waals surface area (Å²) in [7, 11) is 1.85. The molecule has 1 aliphatic heterocycles. The molecule has 0 aromatic heterocycles. The molecule has 1 fully saturated rings.